The van der Waals surface area contributed by atoms with Crippen molar-refractivity contribution in [2.75, 3.05) is 11.9 Å². The normalized spacial score (nSPS) is 17.3. The van der Waals surface area contributed by atoms with Crippen molar-refractivity contribution in [3.63, 3.8) is 0 Å². The van der Waals surface area contributed by atoms with Gasteiger partial charge in [-0.15, -0.1) is 0 Å². The van der Waals surface area contributed by atoms with Gasteiger partial charge in [0.2, 0.25) is 0 Å². The maximum atomic E-state index is 7.00. The van der Waals surface area contributed by atoms with Gasteiger partial charge in [-0.2, -0.15) is 0 Å². The van der Waals surface area contributed by atoms with E-state index in [1.54, 1.807) is 0 Å². The lowest BCUT2D eigenvalue weighted by molar-refractivity contribution is 0.515. The van der Waals surface area contributed by atoms with Crippen LogP contribution in [0.25, 0.3) is 77.4 Å². The third kappa shape index (κ3) is 5.43. The van der Waals surface area contributed by atoms with Gasteiger partial charge in [-0.3, -0.25) is 0 Å². The van der Waals surface area contributed by atoms with Crippen molar-refractivity contribution in [3.8, 4) is 44.9 Å². The van der Waals surface area contributed by atoms with Crippen molar-refractivity contribution >= 4 is 38.2 Å². The van der Waals surface area contributed by atoms with Crippen LogP contribution in [0.5, 0.6) is 0 Å². The second-order valence-corrected chi connectivity index (χ2v) is 15.4. The van der Waals surface area contributed by atoms with Crippen LogP contribution >= 0.6 is 0 Å². The minimum Gasteiger partial charge on any atom is -0.458 e. The molecule has 3 heterocycles. The minimum absolute atomic E-state index is 0.141. The summed E-state index contributed by atoms with van der Waals surface area (Å²) in [6.07, 6.45) is 8.77. The summed E-state index contributed by atoms with van der Waals surface area (Å²) in [5.41, 5.74) is 11.9. The number of fused-ring (bicyclic) bond motifs is 8. The van der Waals surface area contributed by atoms with Crippen LogP contribution in [0.15, 0.2) is 186 Å². The molecule has 0 bridgehead atoms. The highest BCUT2D eigenvalue weighted by atomic mass is 16.3. The number of para-hydroxylation sites is 1. The maximum Gasteiger partial charge on any atom is 0.160 e. The summed E-state index contributed by atoms with van der Waals surface area (Å²) < 4.78 is 7.00. The summed E-state index contributed by atoms with van der Waals surface area (Å²) >= 11 is 0. The third-order valence-electron chi connectivity index (χ3n) is 12.0. The molecule has 7 aromatic carbocycles. The molecule has 3 atom stereocenters. The molecule has 3 unspecified atom stereocenters. The zero-order valence-corrected chi connectivity index (χ0v) is 31.8. The van der Waals surface area contributed by atoms with Crippen LogP contribution in [-0.4, -0.2) is 17.0 Å². The molecule has 2 aliphatic rings. The smallest absolute Gasteiger partial charge is 0.160 e. The van der Waals surface area contributed by atoms with Crippen molar-refractivity contribution in [2.45, 2.75) is 18.9 Å². The zero-order valence-electron chi connectivity index (χ0n) is 31.8. The SMILES string of the molecule is CC1C=CC=CC1c1cc(-c2cccc(-c3cccc4c3-c3c(oc5ccccc35)C(c3cc5ccccc5c5ccccc35)N4C)c2)nc(-c2ccccc2)n1. The summed E-state index contributed by atoms with van der Waals surface area (Å²) in [5.74, 6) is 2.20. The lowest BCUT2D eigenvalue weighted by atomic mass is 9.83. The Morgan fingerprint density at radius 3 is 2.12 bits per heavy atom. The van der Waals surface area contributed by atoms with E-state index in [1.165, 1.54) is 38.4 Å². The first-order chi connectivity index (χ1) is 28.1. The molecule has 0 saturated heterocycles. The van der Waals surface area contributed by atoms with Crippen molar-refractivity contribution in [3.05, 3.63) is 199 Å². The van der Waals surface area contributed by atoms with Gasteiger partial charge in [0.15, 0.2) is 5.82 Å². The predicted octanol–water partition coefficient (Wildman–Crippen LogP) is 13.6. The standard InChI is InChI=1S/C53H39N3O/c1-33-16-6-8-22-38(33)46-32-45(54-53(55-46)34-17-4-3-5-18-34)37-21-14-20-35(30-37)40-27-15-28-47-49(40)50-43-26-12-13-29-48(43)57-52(50)51(56(47)2)44-31-36-19-7-9-23-39(36)41-24-10-11-25-42(41)44/h3-33,38,51H,1-2H3. The van der Waals surface area contributed by atoms with Crippen LogP contribution in [0.4, 0.5) is 5.69 Å². The van der Waals surface area contributed by atoms with E-state index in [1.807, 2.05) is 18.2 Å². The molecule has 0 amide bonds. The van der Waals surface area contributed by atoms with Crippen LogP contribution in [-0.2, 0) is 0 Å². The molecular formula is C53H39N3O. The quantitative estimate of drug-likeness (QED) is 0.165. The molecule has 4 nitrogen and oxygen atoms in total. The Hall–Kier alpha value is -7.04. The van der Waals surface area contributed by atoms with Crippen LogP contribution in [0, 0.1) is 5.92 Å². The topological polar surface area (TPSA) is 42.2 Å². The molecular weight excluding hydrogens is 695 g/mol. The van der Waals surface area contributed by atoms with Gasteiger partial charge in [-0.1, -0.05) is 159 Å². The predicted molar refractivity (Wildman–Crippen MR) is 235 cm³/mol. The van der Waals surface area contributed by atoms with Gasteiger partial charge in [0.1, 0.15) is 17.4 Å². The number of hydrogen-bond acceptors (Lipinski definition) is 4. The largest absolute Gasteiger partial charge is 0.458 e. The Morgan fingerprint density at radius 2 is 1.26 bits per heavy atom. The molecule has 57 heavy (non-hydrogen) atoms. The zero-order chi connectivity index (χ0) is 38.0. The van der Waals surface area contributed by atoms with Crippen LogP contribution in [0.3, 0.4) is 0 Å². The van der Waals surface area contributed by atoms with E-state index in [2.05, 4.69) is 183 Å². The van der Waals surface area contributed by atoms with E-state index in [0.717, 1.165) is 61.8 Å². The minimum atomic E-state index is -0.141. The van der Waals surface area contributed by atoms with E-state index >= 15 is 0 Å². The number of furan rings is 1. The summed E-state index contributed by atoms with van der Waals surface area (Å²) in [6.45, 7) is 2.26. The first kappa shape index (κ1) is 33.3. The van der Waals surface area contributed by atoms with Gasteiger partial charge in [-0.05, 0) is 74.5 Å². The Balaban J connectivity index is 1.10. The van der Waals surface area contributed by atoms with E-state index < -0.39 is 0 Å². The Labute approximate surface area is 332 Å². The molecule has 0 radical (unpaired) electrons. The molecule has 0 N–H and O–H groups in total. The number of nitrogens with zero attached hydrogens (tertiary/aromatic N) is 3. The molecule has 1 aliphatic carbocycles. The van der Waals surface area contributed by atoms with Crippen LogP contribution in [0.1, 0.15) is 35.9 Å². The highest BCUT2D eigenvalue weighted by Gasteiger charge is 2.37. The Morgan fingerprint density at radius 1 is 0.561 bits per heavy atom. The average Bonchev–Trinajstić information content (AvgIpc) is 3.66. The molecule has 2 aromatic heterocycles. The second kappa shape index (κ2) is 13.3. The summed E-state index contributed by atoms with van der Waals surface area (Å²) in [5, 5.41) is 6.09. The van der Waals surface area contributed by atoms with Gasteiger partial charge in [0.05, 0.1) is 11.4 Å². The maximum absolute atomic E-state index is 7.00. The van der Waals surface area contributed by atoms with Gasteiger partial charge in [0, 0.05) is 46.3 Å². The molecule has 0 spiro atoms. The Bertz CT molecular complexity index is 3080. The van der Waals surface area contributed by atoms with Crippen molar-refractivity contribution in [1.82, 2.24) is 9.97 Å². The van der Waals surface area contributed by atoms with Gasteiger partial charge >= 0.3 is 0 Å². The number of rotatable bonds is 5. The number of hydrogen-bond donors (Lipinski definition) is 0. The molecule has 272 valence electrons. The lowest BCUT2D eigenvalue weighted by Crippen LogP contribution is -2.29. The van der Waals surface area contributed by atoms with E-state index in [9.17, 15) is 0 Å². The highest BCUT2D eigenvalue weighted by molar-refractivity contribution is 6.11. The summed E-state index contributed by atoms with van der Waals surface area (Å²) in [7, 11) is 2.22. The fraction of sp³-hybridized carbons (Fsp3) is 0.0943. The number of benzene rings is 7. The average molecular weight is 734 g/mol. The van der Waals surface area contributed by atoms with Crippen LogP contribution in [0.2, 0.25) is 0 Å². The molecule has 9 aromatic rings. The molecule has 0 saturated carbocycles. The lowest BCUT2D eigenvalue weighted by Gasteiger charge is -2.37. The Kier molecular flexibility index (Phi) is 7.78. The molecule has 4 heteroatoms. The number of anilines is 1. The summed E-state index contributed by atoms with van der Waals surface area (Å²) in [4.78, 5) is 12.8. The second-order valence-electron chi connectivity index (χ2n) is 15.4. The van der Waals surface area contributed by atoms with Crippen LogP contribution < -0.4 is 4.90 Å². The van der Waals surface area contributed by atoms with E-state index in [0.29, 0.717) is 5.92 Å². The first-order valence-corrected chi connectivity index (χ1v) is 19.8. The summed E-state index contributed by atoms with van der Waals surface area (Å²) in [6, 6.07) is 56.3. The van der Waals surface area contributed by atoms with E-state index in [4.69, 9.17) is 14.4 Å². The molecule has 0 fully saturated rings. The van der Waals surface area contributed by atoms with Crippen molar-refractivity contribution < 1.29 is 4.42 Å². The van der Waals surface area contributed by atoms with Crippen molar-refractivity contribution in [1.29, 1.82) is 0 Å². The van der Waals surface area contributed by atoms with E-state index in [-0.39, 0.29) is 12.0 Å². The molecule has 11 rings (SSSR count). The van der Waals surface area contributed by atoms with Crippen molar-refractivity contribution in [2.24, 2.45) is 5.92 Å². The fourth-order valence-electron chi connectivity index (χ4n) is 9.26. The number of allylic oxidation sites excluding steroid dienone is 4. The molecule has 1 aliphatic heterocycles. The highest BCUT2D eigenvalue weighted by Crippen LogP contribution is 2.55. The number of aromatic nitrogens is 2. The monoisotopic (exact) mass is 733 g/mol. The van der Waals surface area contributed by atoms with Gasteiger partial charge < -0.3 is 9.32 Å². The fourth-order valence-corrected chi connectivity index (χ4v) is 9.26. The third-order valence-corrected chi connectivity index (χ3v) is 12.0. The van der Waals surface area contributed by atoms with Gasteiger partial charge in [-0.25, -0.2) is 9.97 Å². The van der Waals surface area contributed by atoms with Gasteiger partial charge in [0.25, 0.3) is 0 Å². The first-order valence-electron chi connectivity index (χ1n) is 19.8.